The fourth-order valence-corrected chi connectivity index (χ4v) is 2.43. The highest BCUT2D eigenvalue weighted by Gasteiger charge is 2.34. The van der Waals surface area contributed by atoms with Gasteiger partial charge in [0.15, 0.2) is 0 Å². The van der Waals surface area contributed by atoms with E-state index in [0.29, 0.717) is 0 Å². The van der Waals surface area contributed by atoms with E-state index in [4.69, 9.17) is 10.6 Å². The van der Waals surface area contributed by atoms with Gasteiger partial charge in [-0.05, 0) is 24.3 Å². The predicted octanol–water partition coefficient (Wildman–Crippen LogP) is 2.55. The molecule has 3 N–H and O–H groups in total. The van der Waals surface area contributed by atoms with Gasteiger partial charge in [-0.1, -0.05) is 31.2 Å². The van der Waals surface area contributed by atoms with Gasteiger partial charge in [0.25, 0.3) is 0 Å². The van der Waals surface area contributed by atoms with Crippen LogP contribution in [0.25, 0.3) is 10.8 Å². The average molecular weight is 259 g/mol. The van der Waals surface area contributed by atoms with Crippen molar-refractivity contribution in [1.82, 2.24) is 10.4 Å². The maximum absolute atomic E-state index is 5.78. The fourth-order valence-electron chi connectivity index (χ4n) is 2.43. The number of hydrogen-bond donors (Lipinski definition) is 2. The summed E-state index contributed by atoms with van der Waals surface area (Å²) in [6, 6.07) is 8.06. The van der Waals surface area contributed by atoms with E-state index >= 15 is 0 Å². The van der Waals surface area contributed by atoms with Crippen LogP contribution in [0.2, 0.25) is 0 Å². The minimum atomic E-state index is -0.374. The Hall–Kier alpha value is -1.49. The molecular weight excluding hydrogens is 238 g/mol. The molecule has 0 radical (unpaired) electrons. The summed E-state index contributed by atoms with van der Waals surface area (Å²) in [6.45, 7) is 4.14. The molecule has 1 heterocycles. The first-order valence-corrected chi connectivity index (χ1v) is 6.50. The highest BCUT2D eigenvalue weighted by Crippen LogP contribution is 2.34. The van der Waals surface area contributed by atoms with Crippen LogP contribution in [0.3, 0.4) is 0 Å². The van der Waals surface area contributed by atoms with Crippen LogP contribution in [0.4, 0.5) is 0 Å². The molecular formula is C15H21N3O. The lowest BCUT2D eigenvalue weighted by molar-refractivity contribution is -0.0297. The molecule has 4 nitrogen and oxygen atoms in total. The first-order chi connectivity index (χ1) is 9.16. The molecule has 19 heavy (non-hydrogen) atoms. The fraction of sp³-hybridized carbons (Fsp3) is 0.400. The third-order valence-corrected chi connectivity index (χ3v) is 3.96. The summed E-state index contributed by atoms with van der Waals surface area (Å²) in [4.78, 5) is 4.31. The second-order valence-corrected chi connectivity index (χ2v) is 4.92. The van der Waals surface area contributed by atoms with Gasteiger partial charge in [-0.25, -0.2) is 5.43 Å². The van der Waals surface area contributed by atoms with Crippen molar-refractivity contribution in [3.05, 3.63) is 42.2 Å². The Kier molecular flexibility index (Phi) is 4.14. The number of rotatable bonds is 5. The van der Waals surface area contributed by atoms with E-state index in [1.807, 2.05) is 24.5 Å². The van der Waals surface area contributed by atoms with Gasteiger partial charge in [-0.2, -0.15) is 0 Å². The third-order valence-electron chi connectivity index (χ3n) is 3.96. The second-order valence-electron chi connectivity index (χ2n) is 4.92. The molecule has 0 saturated heterocycles. The Labute approximate surface area is 113 Å². The van der Waals surface area contributed by atoms with Gasteiger partial charge < -0.3 is 4.74 Å². The summed E-state index contributed by atoms with van der Waals surface area (Å²) in [5.41, 5.74) is 3.58. The van der Waals surface area contributed by atoms with Gasteiger partial charge in [0, 0.05) is 24.9 Å². The van der Waals surface area contributed by atoms with Crippen molar-refractivity contribution in [2.45, 2.75) is 31.9 Å². The SMILES string of the molecule is CCC(C)(OC)C(NN)c1cncc2ccccc12. The zero-order valence-corrected chi connectivity index (χ0v) is 11.7. The lowest BCUT2D eigenvalue weighted by atomic mass is 9.87. The molecule has 0 aliphatic rings. The number of nitrogens with two attached hydrogens (primary N) is 1. The number of pyridine rings is 1. The number of methoxy groups -OCH3 is 1. The molecule has 2 rings (SSSR count). The number of fused-ring (bicyclic) bond motifs is 1. The van der Waals surface area contributed by atoms with E-state index in [1.54, 1.807) is 7.11 Å². The first-order valence-electron chi connectivity index (χ1n) is 6.50. The van der Waals surface area contributed by atoms with Crippen LogP contribution in [0.1, 0.15) is 31.9 Å². The van der Waals surface area contributed by atoms with Crippen molar-refractivity contribution in [2.24, 2.45) is 5.84 Å². The number of hydrazine groups is 1. The molecule has 4 heteroatoms. The molecule has 2 unspecified atom stereocenters. The quantitative estimate of drug-likeness (QED) is 0.640. The van der Waals surface area contributed by atoms with E-state index < -0.39 is 0 Å². The number of benzene rings is 1. The molecule has 2 aromatic rings. The molecule has 0 amide bonds. The predicted molar refractivity (Wildman–Crippen MR) is 77.5 cm³/mol. The van der Waals surface area contributed by atoms with E-state index in [0.717, 1.165) is 22.8 Å². The lowest BCUT2D eigenvalue weighted by Crippen LogP contribution is -2.45. The van der Waals surface area contributed by atoms with Crippen molar-refractivity contribution in [3.8, 4) is 0 Å². The Bertz CT molecular complexity index is 547. The Morgan fingerprint density at radius 2 is 2.11 bits per heavy atom. The molecule has 1 aromatic heterocycles. The number of ether oxygens (including phenoxy) is 1. The highest BCUT2D eigenvalue weighted by atomic mass is 16.5. The minimum Gasteiger partial charge on any atom is -0.376 e. The van der Waals surface area contributed by atoms with Crippen LogP contribution in [-0.2, 0) is 4.74 Å². The molecule has 0 bridgehead atoms. The first kappa shape index (κ1) is 13.9. The smallest absolute Gasteiger partial charge is 0.0855 e. The Morgan fingerprint density at radius 3 is 2.74 bits per heavy atom. The summed E-state index contributed by atoms with van der Waals surface area (Å²) in [7, 11) is 1.71. The van der Waals surface area contributed by atoms with Crippen molar-refractivity contribution in [3.63, 3.8) is 0 Å². The number of aromatic nitrogens is 1. The van der Waals surface area contributed by atoms with Crippen LogP contribution in [-0.4, -0.2) is 17.7 Å². The maximum atomic E-state index is 5.78. The van der Waals surface area contributed by atoms with Crippen LogP contribution in [0, 0.1) is 0 Å². The molecule has 0 aliphatic carbocycles. The van der Waals surface area contributed by atoms with Gasteiger partial charge in [-0.15, -0.1) is 0 Å². The lowest BCUT2D eigenvalue weighted by Gasteiger charge is -2.36. The van der Waals surface area contributed by atoms with Crippen LogP contribution >= 0.6 is 0 Å². The summed E-state index contributed by atoms with van der Waals surface area (Å²) >= 11 is 0. The Morgan fingerprint density at radius 1 is 1.37 bits per heavy atom. The summed E-state index contributed by atoms with van der Waals surface area (Å²) in [6.07, 6.45) is 4.57. The number of nitrogens with one attached hydrogen (secondary N) is 1. The molecule has 0 saturated carbocycles. The van der Waals surface area contributed by atoms with Gasteiger partial charge in [-0.3, -0.25) is 10.8 Å². The van der Waals surface area contributed by atoms with Crippen molar-refractivity contribution in [1.29, 1.82) is 0 Å². The van der Waals surface area contributed by atoms with Gasteiger partial charge in [0.2, 0.25) is 0 Å². The molecule has 2 atom stereocenters. The van der Waals surface area contributed by atoms with Crippen molar-refractivity contribution in [2.75, 3.05) is 7.11 Å². The van der Waals surface area contributed by atoms with E-state index in [2.05, 4.69) is 36.4 Å². The van der Waals surface area contributed by atoms with Crippen LogP contribution < -0.4 is 11.3 Å². The Balaban J connectivity index is 2.58. The van der Waals surface area contributed by atoms with E-state index in [1.165, 1.54) is 0 Å². The maximum Gasteiger partial charge on any atom is 0.0855 e. The molecule has 1 aromatic carbocycles. The number of hydrogen-bond acceptors (Lipinski definition) is 4. The van der Waals surface area contributed by atoms with E-state index in [-0.39, 0.29) is 11.6 Å². The van der Waals surface area contributed by atoms with Gasteiger partial charge >= 0.3 is 0 Å². The van der Waals surface area contributed by atoms with Crippen LogP contribution in [0.15, 0.2) is 36.7 Å². The van der Waals surface area contributed by atoms with Crippen LogP contribution in [0.5, 0.6) is 0 Å². The summed E-state index contributed by atoms with van der Waals surface area (Å²) < 4.78 is 5.67. The second kappa shape index (κ2) is 5.65. The summed E-state index contributed by atoms with van der Waals surface area (Å²) in [5.74, 6) is 5.78. The zero-order chi connectivity index (χ0) is 13.9. The summed E-state index contributed by atoms with van der Waals surface area (Å²) in [5, 5.41) is 2.26. The monoisotopic (exact) mass is 259 g/mol. The molecule has 102 valence electrons. The third kappa shape index (κ3) is 2.47. The largest absolute Gasteiger partial charge is 0.376 e. The van der Waals surface area contributed by atoms with Crippen molar-refractivity contribution >= 4 is 10.8 Å². The zero-order valence-electron chi connectivity index (χ0n) is 11.7. The molecule has 0 spiro atoms. The highest BCUT2D eigenvalue weighted by molar-refractivity contribution is 5.85. The molecule has 0 aliphatic heterocycles. The van der Waals surface area contributed by atoms with Crippen molar-refractivity contribution < 1.29 is 4.74 Å². The number of nitrogens with zero attached hydrogens (tertiary/aromatic N) is 1. The van der Waals surface area contributed by atoms with E-state index in [9.17, 15) is 0 Å². The molecule has 0 fully saturated rings. The van der Waals surface area contributed by atoms with Gasteiger partial charge in [0.1, 0.15) is 0 Å². The minimum absolute atomic E-state index is 0.110. The topological polar surface area (TPSA) is 60.2 Å². The normalized spacial score (nSPS) is 16.2. The standard InChI is InChI=1S/C15H21N3O/c1-4-15(2,19-3)14(18-16)13-10-17-9-11-7-5-6-8-12(11)13/h5-10,14,18H,4,16H2,1-3H3. The van der Waals surface area contributed by atoms with Gasteiger partial charge in [0.05, 0.1) is 11.6 Å². The average Bonchev–Trinajstić information content (AvgIpc) is 2.48.